The average molecular weight is 330 g/mol. The molecule has 1 aromatic carbocycles. The molecule has 0 radical (unpaired) electrons. The Labute approximate surface area is 143 Å². The summed E-state index contributed by atoms with van der Waals surface area (Å²) in [7, 11) is 1.42. The molecule has 2 atom stereocenters. The smallest absolute Gasteiger partial charge is 0.327 e. The van der Waals surface area contributed by atoms with Gasteiger partial charge in [0, 0.05) is 13.1 Å². The van der Waals surface area contributed by atoms with Crippen LogP contribution in [-0.4, -0.2) is 43.5 Å². The Hall–Kier alpha value is -1.88. The monoisotopic (exact) mass is 330 g/mol. The molecule has 1 amide bonds. The number of carbonyl (C=O) groups excluding carboxylic acids is 2. The molecule has 2 aliphatic rings. The van der Waals surface area contributed by atoms with Gasteiger partial charge in [-0.3, -0.25) is 9.69 Å². The van der Waals surface area contributed by atoms with E-state index in [-0.39, 0.29) is 17.8 Å². The molecule has 2 fully saturated rings. The van der Waals surface area contributed by atoms with Crippen LogP contribution in [0.15, 0.2) is 30.3 Å². The lowest BCUT2D eigenvalue weighted by Crippen LogP contribution is -2.46. The minimum Gasteiger partial charge on any atom is -0.468 e. The Morgan fingerprint density at radius 3 is 2.67 bits per heavy atom. The van der Waals surface area contributed by atoms with Gasteiger partial charge in [0.15, 0.2) is 0 Å². The first-order chi connectivity index (χ1) is 11.7. The second kappa shape index (κ2) is 7.79. The number of esters is 1. The van der Waals surface area contributed by atoms with Gasteiger partial charge in [0.1, 0.15) is 6.04 Å². The van der Waals surface area contributed by atoms with Crippen molar-refractivity contribution in [1.82, 2.24) is 10.2 Å². The molecule has 5 heteroatoms. The maximum Gasteiger partial charge on any atom is 0.327 e. The molecule has 24 heavy (non-hydrogen) atoms. The van der Waals surface area contributed by atoms with Crippen LogP contribution in [0.4, 0.5) is 0 Å². The molecule has 1 N–H and O–H groups in total. The van der Waals surface area contributed by atoms with Gasteiger partial charge in [-0.05, 0) is 43.7 Å². The zero-order chi connectivity index (χ0) is 16.9. The molecule has 0 aromatic heterocycles. The summed E-state index contributed by atoms with van der Waals surface area (Å²) in [6.07, 6.45) is 4.27. The molecule has 1 saturated heterocycles. The highest BCUT2D eigenvalue weighted by Gasteiger charge is 2.35. The molecule has 0 bridgehead atoms. The van der Waals surface area contributed by atoms with E-state index >= 15 is 0 Å². The average Bonchev–Trinajstić information content (AvgIpc) is 3.45. The molecule has 1 saturated carbocycles. The Bertz CT molecular complexity index is 571. The van der Waals surface area contributed by atoms with Gasteiger partial charge < -0.3 is 10.1 Å². The molecule has 1 aliphatic heterocycles. The second-order valence-electron chi connectivity index (χ2n) is 6.86. The van der Waals surface area contributed by atoms with E-state index in [0.29, 0.717) is 12.5 Å². The van der Waals surface area contributed by atoms with Crippen LogP contribution >= 0.6 is 0 Å². The summed E-state index contributed by atoms with van der Waals surface area (Å²) in [5.74, 6) is 0.498. The number of amides is 1. The number of hydrogen-bond donors (Lipinski definition) is 1. The molecular weight excluding hydrogens is 304 g/mol. The number of likely N-dealkylation sites (tertiary alicyclic amines) is 1. The number of nitrogens with zero attached hydrogens (tertiary/aromatic N) is 1. The summed E-state index contributed by atoms with van der Waals surface area (Å²) >= 11 is 0. The number of carbonyl (C=O) groups is 2. The van der Waals surface area contributed by atoms with Gasteiger partial charge in [0.2, 0.25) is 5.91 Å². The summed E-state index contributed by atoms with van der Waals surface area (Å²) in [5.41, 5.74) is 0.920. The minimum atomic E-state index is -0.435. The highest BCUT2D eigenvalue weighted by Crippen LogP contribution is 2.29. The second-order valence-corrected chi connectivity index (χ2v) is 6.86. The zero-order valence-corrected chi connectivity index (χ0v) is 14.2. The minimum absolute atomic E-state index is 0.0478. The van der Waals surface area contributed by atoms with E-state index in [0.717, 1.165) is 31.5 Å². The van der Waals surface area contributed by atoms with Crippen molar-refractivity contribution in [2.24, 2.45) is 11.8 Å². The highest BCUT2D eigenvalue weighted by atomic mass is 16.5. The number of rotatable bonds is 6. The number of hydrogen-bond acceptors (Lipinski definition) is 4. The van der Waals surface area contributed by atoms with Crippen LogP contribution in [0, 0.1) is 11.8 Å². The lowest BCUT2D eigenvalue weighted by molar-refractivity contribution is -0.149. The van der Waals surface area contributed by atoms with E-state index < -0.39 is 6.04 Å². The third-order valence-electron chi connectivity index (χ3n) is 4.99. The van der Waals surface area contributed by atoms with Crippen molar-refractivity contribution in [2.75, 3.05) is 26.7 Å². The van der Waals surface area contributed by atoms with E-state index in [1.807, 2.05) is 30.3 Å². The predicted octanol–water partition coefficient (Wildman–Crippen LogP) is 2.14. The lowest BCUT2D eigenvalue weighted by atomic mass is 9.94. The Morgan fingerprint density at radius 2 is 2.00 bits per heavy atom. The molecular formula is C19H26N2O3. The van der Waals surface area contributed by atoms with Crippen LogP contribution in [0.5, 0.6) is 0 Å². The highest BCUT2D eigenvalue weighted by molar-refractivity contribution is 5.80. The summed E-state index contributed by atoms with van der Waals surface area (Å²) < 4.78 is 5.02. The number of piperidine rings is 1. The lowest BCUT2D eigenvalue weighted by Gasteiger charge is -2.36. The van der Waals surface area contributed by atoms with E-state index in [2.05, 4.69) is 10.2 Å². The predicted molar refractivity (Wildman–Crippen MR) is 91.2 cm³/mol. The number of benzene rings is 1. The van der Waals surface area contributed by atoms with E-state index in [1.165, 1.54) is 20.0 Å². The van der Waals surface area contributed by atoms with Crippen LogP contribution < -0.4 is 5.32 Å². The van der Waals surface area contributed by atoms with Crippen molar-refractivity contribution in [3.63, 3.8) is 0 Å². The van der Waals surface area contributed by atoms with Gasteiger partial charge in [-0.1, -0.05) is 30.3 Å². The Balaban J connectivity index is 1.68. The number of nitrogens with one attached hydrogen (secondary N) is 1. The van der Waals surface area contributed by atoms with Gasteiger partial charge in [-0.25, -0.2) is 4.79 Å². The summed E-state index contributed by atoms with van der Waals surface area (Å²) in [6.45, 7) is 2.21. The molecule has 0 spiro atoms. The van der Waals surface area contributed by atoms with Crippen LogP contribution in [0.3, 0.4) is 0 Å². The fourth-order valence-corrected chi connectivity index (χ4v) is 3.41. The van der Waals surface area contributed by atoms with Crippen molar-refractivity contribution >= 4 is 11.9 Å². The van der Waals surface area contributed by atoms with Crippen LogP contribution in [0.1, 0.15) is 37.3 Å². The normalized spacial score (nSPS) is 22.6. The van der Waals surface area contributed by atoms with Crippen LogP contribution in [0.2, 0.25) is 0 Å². The summed E-state index contributed by atoms with van der Waals surface area (Å²) in [4.78, 5) is 26.9. The van der Waals surface area contributed by atoms with Gasteiger partial charge >= 0.3 is 5.97 Å². The molecule has 5 nitrogen and oxygen atoms in total. The Kier molecular flexibility index (Phi) is 5.51. The molecule has 0 unspecified atom stereocenters. The van der Waals surface area contributed by atoms with Crippen molar-refractivity contribution < 1.29 is 14.3 Å². The first-order valence-corrected chi connectivity index (χ1v) is 8.83. The molecule has 1 heterocycles. The maximum absolute atomic E-state index is 12.4. The standard InChI is InChI=1S/C19H26N2O3/c1-24-19(23)17(15-6-3-2-4-7-15)21-11-5-8-16(13-21)18(22)20-12-14-9-10-14/h2-4,6-7,14,16-17H,5,8-13H2,1H3,(H,20,22)/t16-,17-/m1/s1. The summed E-state index contributed by atoms with van der Waals surface area (Å²) in [5, 5.41) is 3.07. The van der Waals surface area contributed by atoms with Crippen LogP contribution in [-0.2, 0) is 14.3 Å². The number of ether oxygens (including phenoxy) is 1. The SMILES string of the molecule is COC(=O)[C@@H](c1ccccc1)N1CCC[C@@H](C(=O)NCC2CC2)C1. The molecule has 3 rings (SSSR count). The van der Waals surface area contributed by atoms with Crippen molar-refractivity contribution in [3.05, 3.63) is 35.9 Å². The van der Waals surface area contributed by atoms with E-state index in [4.69, 9.17) is 4.74 Å². The maximum atomic E-state index is 12.4. The van der Waals surface area contributed by atoms with E-state index in [9.17, 15) is 9.59 Å². The van der Waals surface area contributed by atoms with Gasteiger partial charge in [0.25, 0.3) is 0 Å². The first-order valence-electron chi connectivity index (χ1n) is 8.83. The quantitative estimate of drug-likeness (QED) is 0.812. The number of methoxy groups -OCH3 is 1. The van der Waals surface area contributed by atoms with Crippen molar-refractivity contribution in [1.29, 1.82) is 0 Å². The van der Waals surface area contributed by atoms with Gasteiger partial charge in [-0.2, -0.15) is 0 Å². The molecule has 130 valence electrons. The first kappa shape index (κ1) is 17.0. The van der Waals surface area contributed by atoms with Crippen LogP contribution in [0.25, 0.3) is 0 Å². The van der Waals surface area contributed by atoms with Crippen molar-refractivity contribution in [2.45, 2.75) is 31.7 Å². The third kappa shape index (κ3) is 4.15. The Morgan fingerprint density at radius 1 is 1.25 bits per heavy atom. The molecule has 1 aromatic rings. The van der Waals surface area contributed by atoms with Crippen molar-refractivity contribution in [3.8, 4) is 0 Å². The summed E-state index contributed by atoms with van der Waals surface area (Å²) in [6, 6.07) is 9.23. The topological polar surface area (TPSA) is 58.6 Å². The van der Waals surface area contributed by atoms with Gasteiger partial charge in [0.05, 0.1) is 13.0 Å². The largest absolute Gasteiger partial charge is 0.468 e. The zero-order valence-electron chi connectivity index (χ0n) is 14.2. The fraction of sp³-hybridized carbons (Fsp3) is 0.579. The van der Waals surface area contributed by atoms with E-state index in [1.54, 1.807) is 0 Å². The third-order valence-corrected chi connectivity index (χ3v) is 4.99. The van der Waals surface area contributed by atoms with Gasteiger partial charge in [-0.15, -0.1) is 0 Å². The molecule has 1 aliphatic carbocycles. The fourth-order valence-electron chi connectivity index (χ4n) is 3.41.